The second-order valence-corrected chi connectivity index (χ2v) is 13.5. The van der Waals surface area contributed by atoms with Crippen molar-refractivity contribution in [2.75, 3.05) is 0 Å². The molecule has 4 aliphatic carbocycles. The van der Waals surface area contributed by atoms with Gasteiger partial charge in [0, 0.05) is 25.1 Å². The van der Waals surface area contributed by atoms with Gasteiger partial charge in [-0.15, -0.1) is 0 Å². The number of aromatic nitrogens is 2. The first-order chi connectivity index (χ1) is 17.4. The summed E-state index contributed by atoms with van der Waals surface area (Å²) in [4.78, 5) is 29.6. The van der Waals surface area contributed by atoms with E-state index in [-0.39, 0.29) is 16.2 Å². The lowest BCUT2D eigenvalue weighted by molar-refractivity contribution is -0.134. The van der Waals surface area contributed by atoms with Crippen LogP contribution < -0.4 is 5.73 Å². The molecule has 4 aliphatic rings. The summed E-state index contributed by atoms with van der Waals surface area (Å²) in [5, 5.41) is 13.3. The van der Waals surface area contributed by atoms with Crippen LogP contribution in [0.15, 0.2) is 29.2 Å². The molecule has 7 nitrogen and oxygen atoms in total. The number of ketones is 1. The smallest absolute Gasteiger partial charge is 0.300 e. The van der Waals surface area contributed by atoms with Crippen molar-refractivity contribution in [3.63, 3.8) is 0 Å². The molecule has 0 saturated carbocycles. The van der Waals surface area contributed by atoms with E-state index >= 15 is 0 Å². The normalized spacial score (nSPS) is 22.7. The van der Waals surface area contributed by atoms with Gasteiger partial charge < -0.3 is 10.8 Å². The lowest BCUT2D eigenvalue weighted by atomic mass is 9.79. The first-order valence-electron chi connectivity index (χ1n) is 13.6. The Balaban J connectivity index is 0.000000218. The average Bonchev–Trinajstić information content (AvgIpc) is 3.09. The molecule has 0 aromatic carbocycles. The first-order valence-corrected chi connectivity index (χ1v) is 13.6. The highest BCUT2D eigenvalue weighted by molar-refractivity contribution is 5.99. The van der Waals surface area contributed by atoms with Crippen molar-refractivity contribution in [3.8, 4) is 0 Å². The van der Waals surface area contributed by atoms with E-state index in [4.69, 9.17) is 15.3 Å². The topological polar surface area (TPSA) is 130 Å². The molecule has 4 N–H and O–H groups in total. The highest BCUT2D eigenvalue weighted by Crippen LogP contribution is 2.59. The Morgan fingerprint density at radius 1 is 0.895 bits per heavy atom. The molecule has 38 heavy (non-hydrogen) atoms. The highest BCUT2D eigenvalue weighted by atomic mass is 16.4. The fraction of sp³-hybridized carbons (Fsp3) is 0.645. The third-order valence-corrected chi connectivity index (χ3v) is 8.14. The van der Waals surface area contributed by atoms with Gasteiger partial charge in [-0.1, -0.05) is 66.5 Å². The van der Waals surface area contributed by atoms with Gasteiger partial charge in [0.25, 0.3) is 5.97 Å². The van der Waals surface area contributed by atoms with Crippen molar-refractivity contribution in [2.45, 2.75) is 107 Å². The summed E-state index contributed by atoms with van der Waals surface area (Å²) in [7, 11) is 0. The Kier molecular flexibility index (Phi) is 9.50. The molecule has 1 aromatic rings. The maximum atomic E-state index is 11.9. The van der Waals surface area contributed by atoms with Gasteiger partial charge in [0.05, 0.1) is 12.0 Å². The minimum Gasteiger partial charge on any atom is -0.481 e. The number of hydrogen-bond acceptors (Lipinski definition) is 5. The summed E-state index contributed by atoms with van der Waals surface area (Å²) in [6, 6.07) is 0. The number of carbonyl (C=O) groups is 2. The van der Waals surface area contributed by atoms with Gasteiger partial charge in [0.1, 0.15) is 6.33 Å². The minimum atomic E-state index is -0.833. The predicted octanol–water partition coefficient (Wildman–Crippen LogP) is 6.77. The maximum Gasteiger partial charge on any atom is 0.300 e. The largest absolute Gasteiger partial charge is 0.481 e. The van der Waals surface area contributed by atoms with Crippen LogP contribution in [0.4, 0.5) is 0 Å². The van der Waals surface area contributed by atoms with Gasteiger partial charge in [0.2, 0.25) is 0 Å². The molecule has 0 unspecified atom stereocenters. The molecule has 0 spiro atoms. The number of nitrogens with one attached hydrogen (secondary N) is 1. The van der Waals surface area contributed by atoms with E-state index in [0.717, 1.165) is 45.4 Å². The zero-order chi connectivity index (χ0) is 29.1. The van der Waals surface area contributed by atoms with Crippen LogP contribution in [0.3, 0.4) is 0 Å². The van der Waals surface area contributed by atoms with Crippen LogP contribution in [0.25, 0.3) is 5.57 Å². The number of Topliss-reactive ketones (excluding diaryl/α,β-unsaturated/α-hetero) is 1. The lowest BCUT2D eigenvalue weighted by Gasteiger charge is -2.26. The Hall–Kier alpha value is -2.83. The molecule has 7 heteroatoms. The van der Waals surface area contributed by atoms with Gasteiger partial charge in [-0.05, 0) is 71.3 Å². The molecule has 0 aliphatic heterocycles. The second-order valence-electron chi connectivity index (χ2n) is 13.5. The molecule has 0 atom stereocenters. The summed E-state index contributed by atoms with van der Waals surface area (Å²) < 4.78 is 0. The molecule has 1 heterocycles. The molecule has 5 rings (SSSR count). The van der Waals surface area contributed by atoms with E-state index < -0.39 is 5.97 Å². The number of fused-ring (bicyclic) bond motifs is 2. The zero-order valence-corrected chi connectivity index (χ0v) is 24.9. The zero-order valence-electron chi connectivity index (χ0n) is 24.9. The molecule has 210 valence electrons. The number of rotatable bonds is 0. The van der Waals surface area contributed by atoms with E-state index in [1.54, 1.807) is 11.9 Å². The Labute approximate surface area is 228 Å². The summed E-state index contributed by atoms with van der Waals surface area (Å²) in [5.41, 5.74) is 13.7. The Morgan fingerprint density at radius 3 is 1.87 bits per heavy atom. The molecule has 1 aromatic heterocycles. The monoisotopic (exact) mass is 524 g/mol. The third kappa shape index (κ3) is 6.78. The van der Waals surface area contributed by atoms with Crippen molar-refractivity contribution in [1.29, 1.82) is 5.41 Å². The van der Waals surface area contributed by atoms with Crippen LogP contribution in [0, 0.1) is 27.1 Å². The number of aliphatic carboxylic acids is 1. The summed E-state index contributed by atoms with van der Waals surface area (Å²) in [6.07, 6.45) is 12.1. The van der Waals surface area contributed by atoms with E-state index in [0.29, 0.717) is 11.2 Å². The van der Waals surface area contributed by atoms with Gasteiger partial charge in [0.15, 0.2) is 5.78 Å². The molecule has 0 amide bonds. The first kappa shape index (κ1) is 31.4. The quantitative estimate of drug-likeness (QED) is 0.254. The maximum absolute atomic E-state index is 11.9. The molecular weight excluding hydrogens is 476 g/mol. The van der Waals surface area contributed by atoms with Crippen molar-refractivity contribution >= 4 is 23.7 Å². The Morgan fingerprint density at radius 2 is 1.37 bits per heavy atom. The SMILES string of the molecule is CC(=O)O.CC1(C)CC(C)(C)C2=C1CCCC2=O.CC1(C)CC(C)(C)C2=C1CCc1cncnc12.N=CN. The fourth-order valence-corrected chi connectivity index (χ4v) is 7.61. The lowest BCUT2D eigenvalue weighted by Crippen LogP contribution is -2.20. The van der Waals surface area contributed by atoms with Gasteiger partial charge >= 0.3 is 0 Å². The molecule has 0 radical (unpaired) electrons. The van der Waals surface area contributed by atoms with Crippen molar-refractivity contribution in [3.05, 3.63) is 40.5 Å². The third-order valence-electron chi connectivity index (χ3n) is 8.14. The highest BCUT2D eigenvalue weighted by Gasteiger charge is 2.47. The average molecular weight is 525 g/mol. The van der Waals surface area contributed by atoms with Gasteiger partial charge in [-0.2, -0.15) is 0 Å². The number of carbonyl (C=O) groups excluding carboxylic acids is 1. The van der Waals surface area contributed by atoms with Crippen molar-refractivity contribution in [2.24, 2.45) is 27.4 Å². The van der Waals surface area contributed by atoms with Crippen LogP contribution in [0.5, 0.6) is 0 Å². The number of carboxylic acids is 1. The minimum absolute atomic E-state index is 0.121. The van der Waals surface area contributed by atoms with Crippen LogP contribution in [-0.4, -0.2) is 33.2 Å². The number of allylic oxidation sites excluding steroid dienone is 4. The van der Waals surface area contributed by atoms with E-state index in [1.165, 1.54) is 40.8 Å². The predicted molar refractivity (Wildman–Crippen MR) is 154 cm³/mol. The molecule has 0 bridgehead atoms. The summed E-state index contributed by atoms with van der Waals surface area (Å²) >= 11 is 0. The summed E-state index contributed by atoms with van der Waals surface area (Å²) in [5.74, 6) is -0.415. The van der Waals surface area contributed by atoms with Crippen molar-refractivity contribution in [1.82, 2.24) is 9.97 Å². The van der Waals surface area contributed by atoms with Crippen LogP contribution in [-0.2, 0) is 16.0 Å². The van der Waals surface area contributed by atoms with E-state index in [1.807, 2.05) is 6.20 Å². The second kappa shape index (κ2) is 11.5. The Bertz CT molecular complexity index is 1140. The number of nitrogens with two attached hydrogens (primary N) is 1. The number of nitrogens with zero attached hydrogens (tertiary/aromatic N) is 2. The van der Waals surface area contributed by atoms with E-state index in [9.17, 15) is 4.79 Å². The summed E-state index contributed by atoms with van der Waals surface area (Å²) in [6.45, 7) is 19.6. The molecular formula is C31H48N4O3. The number of hydrogen-bond donors (Lipinski definition) is 3. The van der Waals surface area contributed by atoms with E-state index in [2.05, 4.69) is 71.1 Å². The molecule has 0 fully saturated rings. The van der Waals surface area contributed by atoms with Crippen LogP contribution in [0.2, 0.25) is 0 Å². The number of carboxylic acid groups (broad SMARTS) is 1. The standard InChI is InChI=1S/C15H20N2.C13H20O.C2H4O2.CH4N2/c1-14(2)8-15(3,4)12-11(14)6-5-10-7-16-9-17-13(10)12;1-12(2)8-13(3,4)11-9(12)6-5-7-10(11)14;1-2(3)4;2-1-3/h7,9H,5-6,8H2,1-4H3;5-8H2,1-4H3;1H3,(H,3,4);1H,(H3,2,3). The van der Waals surface area contributed by atoms with Gasteiger partial charge in [-0.25, -0.2) is 9.97 Å². The van der Waals surface area contributed by atoms with Crippen molar-refractivity contribution < 1.29 is 14.7 Å². The fourth-order valence-electron chi connectivity index (χ4n) is 7.61. The van der Waals surface area contributed by atoms with Crippen LogP contribution in [0.1, 0.15) is 112 Å². The molecule has 0 saturated heterocycles. The number of aryl methyl sites for hydroxylation is 1. The van der Waals surface area contributed by atoms with Gasteiger partial charge in [-0.3, -0.25) is 15.0 Å². The van der Waals surface area contributed by atoms with Crippen LogP contribution >= 0.6 is 0 Å².